The predicted octanol–water partition coefficient (Wildman–Crippen LogP) is 1.80. The van der Waals surface area contributed by atoms with Gasteiger partial charge in [0, 0.05) is 19.1 Å². The van der Waals surface area contributed by atoms with Crippen molar-refractivity contribution < 1.29 is 14.3 Å². The minimum atomic E-state index is 0.125. The van der Waals surface area contributed by atoms with E-state index in [4.69, 9.17) is 15.2 Å². The number of amides is 1. The molecule has 2 rings (SSSR count). The topological polar surface area (TPSA) is 64.8 Å². The van der Waals surface area contributed by atoms with Crippen LogP contribution in [0.5, 0.6) is 11.5 Å². The molecular formula is C16H24N2O3. The molecule has 1 saturated heterocycles. The van der Waals surface area contributed by atoms with Crippen molar-refractivity contribution in [3.63, 3.8) is 0 Å². The van der Waals surface area contributed by atoms with E-state index in [1.165, 1.54) is 0 Å². The standard InChI is InChI=1S/C16H24N2O3/c1-20-14-7-2-3-8-15(14)21-11-9-16(19)18-10-5-4-6-13(18)12-17/h2-3,7-8,13H,4-6,9-12,17H2,1H3/t13-/m1/s1. The van der Waals surface area contributed by atoms with Gasteiger partial charge in [0.15, 0.2) is 11.5 Å². The first kappa shape index (κ1) is 15.6. The number of piperidine rings is 1. The van der Waals surface area contributed by atoms with Crippen LogP contribution in [0, 0.1) is 0 Å². The molecule has 5 heteroatoms. The molecule has 0 unspecified atom stereocenters. The highest BCUT2D eigenvalue weighted by Crippen LogP contribution is 2.26. The van der Waals surface area contributed by atoms with Crippen LogP contribution in [-0.4, -0.2) is 43.7 Å². The van der Waals surface area contributed by atoms with Gasteiger partial charge in [-0.1, -0.05) is 12.1 Å². The lowest BCUT2D eigenvalue weighted by Crippen LogP contribution is -2.47. The maximum atomic E-state index is 12.3. The van der Waals surface area contributed by atoms with Gasteiger partial charge in [0.1, 0.15) is 0 Å². The zero-order valence-corrected chi connectivity index (χ0v) is 12.6. The number of likely N-dealkylation sites (tertiary alicyclic amines) is 1. The molecule has 1 aliphatic heterocycles. The molecule has 0 aromatic heterocycles. The highest BCUT2D eigenvalue weighted by atomic mass is 16.5. The molecule has 0 bridgehead atoms. The number of ether oxygens (including phenoxy) is 2. The molecule has 1 aliphatic rings. The predicted molar refractivity (Wildman–Crippen MR) is 81.5 cm³/mol. The molecule has 1 aromatic carbocycles. The van der Waals surface area contributed by atoms with Gasteiger partial charge in [0.25, 0.3) is 0 Å². The van der Waals surface area contributed by atoms with Gasteiger partial charge in [-0.05, 0) is 31.4 Å². The number of nitrogens with zero attached hydrogens (tertiary/aromatic N) is 1. The molecule has 0 radical (unpaired) electrons. The van der Waals surface area contributed by atoms with Gasteiger partial charge in [0.05, 0.1) is 20.1 Å². The average molecular weight is 292 g/mol. The summed E-state index contributed by atoms with van der Waals surface area (Å²) in [6.45, 7) is 1.71. The van der Waals surface area contributed by atoms with Gasteiger partial charge >= 0.3 is 0 Å². The Hall–Kier alpha value is -1.75. The summed E-state index contributed by atoms with van der Waals surface area (Å²) < 4.78 is 10.9. The Morgan fingerprint density at radius 3 is 2.81 bits per heavy atom. The second-order valence-corrected chi connectivity index (χ2v) is 5.22. The van der Waals surface area contributed by atoms with Gasteiger partial charge in [-0.25, -0.2) is 0 Å². The van der Waals surface area contributed by atoms with Gasteiger partial charge in [-0.3, -0.25) is 4.79 Å². The Bertz CT molecular complexity index is 465. The molecular weight excluding hydrogens is 268 g/mol. The molecule has 1 atom stereocenters. The summed E-state index contributed by atoms with van der Waals surface area (Å²) in [6.07, 6.45) is 3.60. The first-order chi connectivity index (χ1) is 10.3. The highest BCUT2D eigenvalue weighted by Gasteiger charge is 2.25. The first-order valence-corrected chi connectivity index (χ1v) is 7.51. The van der Waals surface area contributed by atoms with Gasteiger partial charge in [-0.2, -0.15) is 0 Å². The number of hydrogen-bond acceptors (Lipinski definition) is 4. The second-order valence-electron chi connectivity index (χ2n) is 5.22. The monoisotopic (exact) mass is 292 g/mol. The van der Waals surface area contributed by atoms with E-state index in [1.807, 2.05) is 29.2 Å². The Balaban J connectivity index is 1.83. The number of nitrogens with two attached hydrogens (primary N) is 1. The number of carbonyl (C=O) groups is 1. The molecule has 1 heterocycles. The first-order valence-electron chi connectivity index (χ1n) is 7.51. The third-order valence-electron chi connectivity index (χ3n) is 3.86. The lowest BCUT2D eigenvalue weighted by Gasteiger charge is -2.35. The summed E-state index contributed by atoms with van der Waals surface area (Å²) in [5, 5.41) is 0. The second kappa shape index (κ2) is 7.88. The van der Waals surface area contributed by atoms with Crippen molar-refractivity contribution in [2.24, 2.45) is 5.73 Å². The van der Waals surface area contributed by atoms with Crippen molar-refractivity contribution in [2.45, 2.75) is 31.7 Å². The zero-order valence-electron chi connectivity index (χ0n) is 12.6. The molecule has 1 fully saturated rings. The van der Waals surface area contributed by atoms with Crippen LogP contribution in [0.3, 0.4) is 0 Å². The summed E-state index contributed by atoms with van der Waals surface area (Å²) in [4.78, 5) is 14.2. The SMILES string of the molecule is COc1ccccc1OCCC(=O)N1CCCC[C@@H]1CN. The molecule has 0 spiro atoms. The third-order valence-corrected chi connectivity index (χ3v) is 3.86. The minimum Gasteiger partial charge on any atom is -0.493 e. The van der Waals surface area contributed by atoms with E-state index in [0.717, 1.165) is 25.8 Å². The summed E-state index contributed by atoms with van der Waals surface area (Å²) in [6, 6.07) is 7.64. The van der Waals surface area contributed by atoms with Gasteiger partial charge < -0.3 is 20.1 Å². The molecule has 1 amide bonds. The number of benzene rings is 1. The van der Waals surface area contributed by atoms with E-state index in [-0.39, 0.29) is 11.9 Å². The quantitative estimate of drug-likeness (QED) is 0.868. The lowest BCUT2D eigenvalue weighted by atomic mass is 10.0. The fourth-order valence-electron chi connectivity index (χ4n) is 2.70. The third kappa shape index (κ3) is 4.11. The molecule has 2 N–H and O–H groups in total. The number of carbonyl (C=O) groups excluding carboxylic acids is 1. The Morgan fingerprint density at radius 1 is 1.33 bits per heavy atom. The van der Waals surface area contributed by atoms with Crippen molar-refractivity contribution in [3.05, 3.63) is 24.3 Å². The maximum absolute atomic E-state index is 12.3. The van der Waals surface area contributed by atoms with Crippen molar-refractivity contribution in [3.8, 4) is 11.5 Å². The summed E-state index contributed by atoms with van der Waals surface area (Å²) >= 11 is 0. The number of rotatable bonds is 6. The van der Waals surface area contributed by atoms with E-state index in [0.29, 0.717) is 31.1 Å². The summed E-state index contributed by atoms with van der Waals surface area (Å²) in [5.41, 5.74) is 5.75. The fourth-order valence-corrected chi connectivity index (χ4v) is 2.70. The number of para-hydroxylation sites is 2. The van der Waals surface area contributed by atoms with E-state index in [2.05, 4.69) is 0 Å². The van der Waals surface area contributed by atoms with Crippen LogP contribution in [0.4, 0.5) is 0 Å². The van der Waals surface area contributed by atoms with Crippen LogP contribution in [-0.2, 0) is 4.79 Å². The van der Waals surface area contributed by atoms with E-state index in [9.17, 15) is 4.79 Å². The fraction of sp³-hybridized carbons (Fsp3) is 0.562. The summed E-state index contributed by atoms with van der Waals surface area (Å²) in [5.74, 6) is 1.48. The number of hydrogen-bond donors (Lipinski definition) is 1. The lowest BCUT2D eigenvalue weighted by molar-refractivity contribution is -0.135. The van der Waals surface area contributed by atoms with Crippen LogP contribution < -0.4 is 15.2 Å². The van der Waals surface area contributed by atoms with Crippen LogP contribution in [0.1, 0.15) is 25.7 Å². The van der Waals surface area contributed by atoms with E-state index in [1.54, 1.807) is 7.11 Å². The molecule has 21 heavy (non-hydrogen) atoms. The molecule has 0 saturated carbocycles. The Morgan fingerprint density at radius 2 is 2.10 bits per heavy atom. The molecule has 5 nitrogen and oxygen atoms in total. The Labute approximate surface area is 126 Å². The largest absolute Gasteiger partial charge is 0.493 e. The van der Waals surface area contributed by atoms with Crippen LogP contribution in [0.2, 0.25) is 0 Å². The molecule has 1 aromatic rings. The minimum absolute atomic E-state index is 0.125. The van der Waals surface area contributed by atoms with Crippen molar-refractivity contribution in [1.29, 1.82) is 0 Å². The van der Waals surface area contributed by atoms with E-state index < -0.39 is 0 Å². The van der Waals surface area contributed by atoms with Gasteiger partial charge in [-0.15, -0.1) is 0 Å². The van der Waals surface area contributed by atoms with Crippen molar-refractivity contribution in [2.75, 3.05) is 26.8 Å². The molecule has 116 valence electrons. The average Bonchev–Trinajstić information content (AvgIpc) is 2.55. The highest BCUT2D eigenvalue weighted by molar-refractivity contribution is 5.76. The number of methoxy groups -OCH3 is 1. The Kier molecular flexibility index (Phi) is 5.87. The smallest absolute Gasteiger partial charge is 0.226 e. The normalized spacial score (nSPS) is 18.4. The van der Waals surface area contributed by atoms with Crippen molar-refractivity contribution >= 4 is 5.91 Å². The van der Waals surface area contributed by atoms with Gasteiger partial charge in [0.2, 0.25) is 5.91 Å². The molecule has 0 aliphatic carbocycles. The maximum Gasteiger partial charge on any atom is 0.226 e. The van der Waals surface area contributed by atoms with Crippen LogP contribution in [0.25, 0.3) is 0 Å². The van der Waals surface area contributed by atoms with Crippen molar-refractivity contribution in [1.82, 2.24) is 4.90 Å². The summed E-state index contributed by atoms with van der Waals surface area (Å²) in [7, 11) is 1.60. The zero-order chi connectivity index (χ0) is 15.1. The van der Waals surface area contributed by atoms with E-state index >= 15 is 0 Å². The van der Waals surface area contributed by atoms with Crippen LogP contribution in [0.15, 0.2) is 24.3 Å². The van der Waals surface area contributed by atoms with Crippen LogP contribution >= 0.6 is 0 Å².